The van der Waals surface area contributed by atoms with E-state index in [2.05, 4.69) is 61.7 Å². The molecule has 2 N–H and O–H groups in total. The summed E-state index contributed by atoms with van der Waals surface area (Å²) in [6, 6.07) is 24.0. The Kier molecular flexibility index (Phi) is 7.38. The highest BCUT2D eigenvalue weighted by atomic mass is 79.9. The minimum atomic E-state index is -0.0833. The van der Waals surface area contributed by atoms with Crippen molar-refractivity contribution in [1.29, 1.82) is 5.26 Å². The average molecular weight is 567 g/mol. The van der Waals surface area contributed by atoms with Gasteiger partial charge in [-0.05, 0) is 49.1 Å². The first kappa shape index (κ1) is 25.4. The van der Waals surface area contributed by atoms with Crippen LogP contribution in [0.25, 0.3) is 21.9 Å². The molecule has 0 unspecified atom stereocenters. The van der Waals surface area contributed by atoms with Crippen LogP contribution in [0.5, 0.6) is 0 Å². The number of nitrogens with zero attached hydrogens (tertiary/aromatic N) is 4. The second kappa shape index (κ2) is 11.0. The molecule has 0 aliphatic heterocycles. The van der Waals surface area contributed by atoms with Crippen molar-refractivity contribution in [3.8, 4) is 6.19 Å². The number of nitrogens with one attached hydrogen (secondary N) is 2. The molecule has 2 aromatic heterocycles. The van der Waals surface area contributed by atoms with Gasteiger partial charge in [-0.2, -0.15) is 5.26 Å². The number of benzene rings is 3. The van der Waals surface area contributed by atoms with Gasteiger partial charge < -0.3 is 9.88 Å². The van der Waals surface area contributed by atoms with Gasteiger partial charge >= 0.3 is 0 Å². The van der Waals surface area contributed by atoms with Gasteiger partial charge in [0.1, 0.15) is 5.52 Å². The van der Waals surface area contributed by atoms with E-state index in [0.717, 1.165) is 37.6 Å². The molecule has 0 fully saturated rings. The average Bonchev–Trinajstić information content (AvgIpc) is 3.31. The molecule has 1 amide bonds. The molecule has 0 saturated heterocycles. The molecule has 0 bridgehead atoms. The maximum atomic E-state index is 12.8. The first-order chi connectivity index (χ1) is 18.5. The Bertz CT molecular complexity index is 1640. The van der Waals surface area contributed by atoms with Crippen molar-refractivity contribution >= 4 is 49.7 Å². The number of fused-ring (bicyclic) bond motifs is 3. The molecule has 2 atom stereocenters. The van der Waals surface area contributed by atoms with E-state index in [1.165, 1.54) is 0 Å². The molecular formula is C30H27BrN6O. The summed E-state index contributed by atoms with van der Waals surface area (Å²) in [6.45, 7) is 4.08. The Balaban J connectivity index is 1.50. The molecule has 7 nitrogen and oxygen atoms in total. The summed E-state index contributed by atoms with van der Waals surface area (Å²) in [5.41, 5.74) is 5.56. The van der Waals surface area contributed by atoms with Crippen molar-refractivity contribution in [2.75, 3.05) is 5.32 Å². The third-order valence-electron chi connectivity index (χ3n) is 6.82. The molecule has 0 saturated carbocycles. The first-order valence-corrected chi connectivity index (χ1v) is 13.3. The van der Waals surface area contributed by atoms with Gasteiger partial charge in [0, 0.05) is 16.3 Å². The number of imidazole rings is 1. The number of halogens is 1. The van der Waals surface area contributed by atoms with Crippen LogP contribution in [0.2, 0.25) is 0 Å². The van der Waals surface area contributed by atoms with Crippen molar-refractivity contribution in [3.05, 3.63) is 100 Å². The molecule has 8 heteroatoms. The van der Waals surface area contributed by atoms with Crippen LogP contribution in [-0.4, -0.2) is 20.4 Å². The van der Waals surface area contributed by atoms with Crippen molar-refractivity contribution < 1.29 is 4.79 Å². The summed E-state index contributed by atoms with van der Waals surface area (Å²) in [5.74, 6) is 0.458. The zero-order chi connectivity index (χ0) is 26.6. The Hall–Kier alpha value is -4.22. The van der Waals surface area contributed by atoms with Crippen LogP contribution in [-0.2, 0) is 11.2 Å². The smallest absolute Gasteiger partial charge is 0.220 e. The van der Waals surface area contributed by atoms with Crippen molar-refractivity contribution in [1.82, 2.24) is 19.9 Å². The molecule has 0 radical (unpaired) electrons. The van der Waals surface area contributed by atoms with E-state index < -0.39 is 0 Å². The second-order valence-electron chi connectivity index (χ2n) is 9.28. The number of carbonyl (C=O) groups is 1. The van der Waals surface area contributed by atoms with Crippen LogP contribution in [0, 0.1) is 11.5 Å². The van der Waals surface area contributed by atoms with Gasteiger partial charge in [0.05, 0.1) is 29.3 Å². The van der Waals surface area contributed by atoms with E-state index in [1.54, 1.807) is 6.20 Å². The molecular weight excluding hydrogens is 540 g/mol. The summed E-state index contributed by atoms with van der Waals surface area (Å²) in [5, 5.41) is 16.2. The van der Waals surface area contributed by atoms with Crippen molar-refractivity contribution in [2.45, 2.75) is 38.8 Å². The normalized spacial score (nSPS) is 12.7. The molecule has 0 aliphatic carbocycles. The fourth-order valence-electron chi connectivity index (χ4n) is 4.82. The van der Waals surface area contributed by atoms with Crippen LogP contribution in [0.4, 0.5) is 5.95 Å². The van der Waals surface area contributed by atoms with E-state index in [4.69, 9.17) is 0 Å². The summed E-state index contributed by atoms with van der Waals surface area (Å²) < 4.78 is 2.95. The number of amides is 1. The van der Waals surface area contributed by atoms with E-state index in [1.807, 2.05) is 72.3 Å². The van der Waals surface area contributed by atoms with E-state index in [9.17, 15) is 10.1 Å². The lowest BCUT2D eigenvalue weighted by molar-refractivity contribution is -0.121. The molecule has 5 rings (SSSR count). The number of hydrogen-bond acceptors (Lipinski definition) is 5. The SMILES string of the molecule is C[C@H](c1ccccc1)n1c(NC#N)nc2cnc3cc(Br)c(CCC(=O)N[C@H](C)c4ccccc4)cc3c21. The Labute approximate surface area is 229 Å². The third-order valence-corrected chi connectivity index (χ3v) is 7.56. The van der Waals surface area contributed by atoms with Gasteiger partial charge in [-0.3, -0.25) is 15.1 Å². The summed E-state index contributed by atoms with van der Waals surface area (Å²) >= 11 is 3.68. The number of hydrogen-bond donors (Lipinski definition) is 2. The van der Waals surface area contributed by atoms with Crippen LogP contribution in [0.1, 0.15) is 49.0 Å². The van der Waals surface area contributed by atoms with Crippen molar-refractivity contribution in [2.24, 2.45) is 0 Å². The second-order valence-corrected chi connectivity index (χ2v) is 10.1. The highest BCUT2D eigenvalue weighted by Crippen LogP contribution is 2.35. The Morgan fingerprint density at radius 2 is 1.71 bits per heavy atom. The number of anilines is 1. The topological polar surface area (TPSA) is 95.6 Å². The van der Waals surface area contributed by atoms with Gasteiger partial charge in [-0.1, -0.05) is 76.6 Å². The zero-order valence-corrected chi connectivity index (χ0v) is 22.7. The third kappa shape index (κ3) is 5.11. The highest BCUT2D eigenvalue weighted by Gasteiger charge is 2.21. The lowest BCUT2D eigenvalue weighted by Gasteiger charge is -2.18. The quantitative estimate of drug-likeness (QED) is 0.162. The predicted molar refractivity (Wildman–Crippen MR) is 154 cm³/mol. The summed E-state index contributed by atoms with van der Waals surface area (Å²) in [7, 11) is 0. The maximum absolute atomic E-state index is 12.8. The van der Waals surface area contributed by atoms with Gasteiger partial charge in [-0.25, -0.2) is 4.98 Å². The molecule has 38 heavy (non-hydrogen) atoms. The largest absolute Gasteiger partial charge is 0.350 e. The van der Waals surface area contributed by atoms with Crippen LogP contribution >= 0.6 is 15.9 Å². The van der Waals surface area contributed by atoms with E-state index >= 15 is 0 Å². The molecule has 3 aromatic carbocycles. The Morgan fingerprint density at radius 3 is 2.39 bits per heavy atom. The number of pyridine rings is 1. The maximum Gasteiger partial charge on any atom is 0.220 e. The standard InChI is InChI=1S/C30H27BrN6O/c1-19(21-9-5-3-6-10-21)35-28(38)14-13-23-15-24-26(16-25(23)31)33-17-27-29(24)37(30(36-27)34-18-32)20(2)22-11-7-4-8-12-22/h3-12,15-17,19-20H,13-14H2,1-2H3,(H,34,36)(H,35,38)/t19-,20-/m1/s1. The lowest BCUT2D eigenvalue weighted by atomic mass is 10.0. The number of nitriles is 1. The van der Waals surface area contributed by atoms with Crippen LogP contribution in [0.3, 0.4) is 0 Å². The minimum absolute atomic E-state index is 0.00654. The van der Waals surface area contributed by atoms with Crippen molar-refractivity contribution in [3.63, 3.8) is 0 Å². The molecule has 190 valence electrons. The lowest BCUT2D eigenvalue weighted by Crippen LogP contribution is -2.26. The van der Waals surface area contributed by atoms with Crippen LogP contribution in [0.15, 0.2) is 83.5 Å². The van der Waals surface area contributed by atoms with Gasteiger partial charge in [0.15, 0.2) is 6.19 Å². The molecule has 0 aliphatic rings. The number of aryl methyl sites for hydroxylation is 1. The first-order valence-electron chi connectivity index (χ1n) is 12.5. The number of rotatable bonds is 8. The van der Waals surface area contributed by atoms with Gasteiger partial charge in [-0.15, -0.1) is 0 Å². The fourth-order valence-corrected chi connectivity index (χ4v) is 5.35. The molecule has 0 spiro atoms. The number of carbonyl (C=O) groups excluding carboxylic acids is 1. The Morgan fingerprint density at radius 1 is 1.03 bits per heavy atom. The van der Waals surface area contributed by atoms with E-state index in [0.29, 0.717) is 24.3 Å². The van der Waals surface area contributed by atoms with Gasteiger partial charge in [0.2, 0.25) is 11.9 Å². The van der Waals surface area contributed by atoms with Crippen LogP contribution < -0.4 is 10.6 Å². The highest BCUT2D eigenvalue weighted by molar-refractivity contribution is 9.10. The number of aromatic nitrogens is 3. The fraction of sp³-hybridized carbons (Fsp3) is 0.200. The summed E-state index contributed by atoms with van der Waals surface area (Å²) in [6.07, 6.45) is 4.66. The zero-order valence-electron chi connectivity index (χ0n) is 21.1. The van der Waals surface area contributed by atoms with Gasteiger partial charge in [0.25, 0.3) is 0 Å². The summed E-state index contributed by atoms with van der Waals surface area (Å²) in [4.78, 5) is 22.1. The predicted octanol–water partition coefficient (Wildman–Crippen LogP) is 6.66. The monoisotopic (exact) mass is 566 g/mol. The minimum Gasteiger partial charge on any atom is -0.350 e. The molecule has 5 aromatic rings. The van der Waals surface area contributed by atoms with E-state index in [-0.39, 0.29) is 18.0 Å². The molecule has 2 heterocycles.